The summed E-state index contributed by atoms with van der Waals surface area (Å²) in [4.78, 5) is 22.6. The van der Waals surface area contributed by atoms with Gasteiger partial charge in [-0.3, -0.25) is 14.2 Å². The number of Topliss-reactive ketones (excluding diaryl/α,β-unsaturated/α-hetero) is 1. The Hall–Kier alpha value is -1.90. The lowest BCUT2D eigenvalue weighted by Crippen LogP contribution is -2.03. The van der Waals surface area contributed by atoms with Gasteiger partial charge in [0.05, 0.1) is 5.52 Å². The molecule has 0 radical (unpaired) electrons. The fraction of sp³-hybridized carbons (Fsp3) is 0.231. The van der Waals surface area contributed by atoms with Gasteiger partial charge in [-0.1, -0.05) is 18.2 Å². The summed E-state index contributed by atoms with van der Waals surface area (Å²) in [5, 5.41) is 0.980. The van der Waals surface area contributed by atoms with Crippen molar-refractivity contribution in [1.82, 2.24) is 4.57 Å². The highest BCUT2D eigenvalue weighted by Crippen LogP contribution is 2.21. The second-order valence-corrected chi connectivity index (χ2v) is 3.94. The number of nitrogens with zero attached hydrogens (tertiary/aromatic N) is 1. The summed E-state index contributed by atoms with van der Waals surface area (Å²) in [5.74, 6) is 0.0671. The number of fused-ring (bicyclic) bond motifs is 1. The first-order valence-electron chi connectivity index (χ1n) is 5.19. The molecule has 1 aromatic carbocycles. The van der Waals surface area contributed by atoms with Crippen LogP contribution in [0.2, 0.25) is 0 Å². The second-order valence-electron chi connectivity index (χ2n) is 3.94. The van der Waals surface area contributed by atoms with Crippen LogP contribution in [0.15, 0.2) is 30.5 Å². The SMILES string of the molecule is CC(=O)Cc1cn(C(C)=O)c2ccccc12. The van der Waals surface area contributed by atoms with Gasteiger partial charge in [0, 0.05) is 24.9 Å². The zero-order valence-corrected chi connectivity index (χ0v) is 9.36. The zero-order valence-electron chi connectivity index (χ0n) is 9.36. The number of hydrogen-bond acceptors (Lipinski definition) is 2. The smallest absolute Gasteiger partial charge is 0.227 e. The first kappa shape index (κ1) is 10.6. The van der Waals surface area contributed by atoms with Gasteiger partial charge in [-0.25, -0.2) is 0 Å². The van der Waals surface area contributed by atoms with E-state index in [0.29, 0.717) is 6.42 Å². The van der Waals surface area contributed by atoms with Crippen molar-refractivity contribution in [3.05, 3.63) is 36.0 Å². The van der Waals surface area contributed by atoms with Gasteiger partial charge in [-0.05, 0) is 18.6 Å². The molecule has 2 aromatic rings. The molecule has 3 heteroatoms. The van der Waals surface area contributed by atoms with Crippen molar-refractivity contribution in [2.45, 2.75) is 20.3 Å². The number of carbonyl (C=O) groups excluding carboxylic acids is 2. The first-order valence-corrected chi connectivity index (χ1v) is 5.19. The van der Waals surface area contributed by atoms with E-state index in [1.807, 2.05) is 24.3 Å². The first-order chi connectivity index (χ1) is 7.59. The summed E-state index contributed by atoms with van der Waals surface area (Å²) in [6.45, 7) is 3.07. The van der Waals surface area contributed by atoms with Gasteiger partial charge in [0.2, 0.25) is 5.91 Å². The summed E-state index contributed by atoms with van der Waals surface area (Å²) >= 11 is 0. The summed E-state index contributed by atoms with van der Waals surface area (Å²) in [6.07, 6.45) is 2.13. The molecule has 0 N–H and O–H groups in total. The Morgan fingerprint density at radius 3 is 2.50 bits per heavy atom. The van der Waals surface area contributed by atoms with E-state index in [9.17, 15) is 9.59 Å². The lowest BCUT2D eigenvalue weighted by atomic mass is 10.1. The summed E-state index contributed by atoms with van der Waals surface area (Å²) in [5.41, 5.74) is 1.78. The van der Waals surface area contributed by atoms with Crippen LogP contribution >= 0.6 is 0 Å². The van der Waals surface area contributed by atoms with E-state index in [4.69, 9.17) is 0 Å². The van der Waals surface area contributed by atoms with Gasteiger partial charge in [-0.15, -0.1) is 0 Å². The predicted octanol–water partition coefficient (Wildman–Crippen LogP) is 2.43. The summed E-state index contributed by atoms with van der Waals surface area (Å²) < 4.78 is 1.59. The highest BCUT2D eigenvalue weighted by Gasteiger charge is 2.11. The molecule has 2 rings (SSSR count). The van der Waals surface area contributed by atoms with Crippen molar-refractivity contribution >= 4 is 22.6 Å². The number of rotatable bonds is 2. The fourth-order valence-corrected chi connectivity index (χ4v) is 1.92. The van der Waals surface area contributed by atoms with E-state index >= 15 is 0 Å². The van der Waals surface area contributed by atoms with Crippen LogP contribution < -0.4 is 0 Å². The molecule has 82 valence electrons. The average Bonchev–Trinajstić information content (AvgIpc) is 2.57. The molecule has 3 nitrogen and oxygen atoms in total. The topological polar surface area (TPSA) is 39.1 Å². The van der Waals surface area contributed by atoms with Crippen LogP contribution in [0, 0.1) is 0 Å². The van der Waals surface area contributed by atoms with Crippen molar-refractivity contribution in [3.63, 3.8) is 0 Å². The lowest BCUT2D eigenvalue weighted by molar-refractivity contribution is -0.116. The third-order valence-corrected chi connectivity index (χ3v) is 2.57. The van der Waals surface area contributed by atoms with Crippen LogP contribution in [0.4, 0.5) is 0 Å². The minimum absolute atomic E-state index is 0.0361. The Balaban J connectivity index is 2.66. The van der Waals surface area contributed by atoms with Crippen LogP contribution in [0.3, 0.4) is 0 Å². The van der Waals surface area contributed by atoms with Gasteiger partial charge < -0.3 is 0 Å². The fourth-order valence-electron chi connectivity index (χ4n) is 1.92. The Bertz CT molecular complexity index is 566. The Morgan fingerprint density at radius 1 is 1.19 bits per heavy atom. The zero-order chi connectivity index (χ0) is 11.7. The molecule has 0 aliphatic rings. The van der Waals surface area contributed by atoms with Crippen molar-refractivity contribution in [1.29, 1.82) is 0 Å². The summed E-state index contributed by atoms with van der Waals surface area (Å²) in [7, 11) is 0. The van der Waals surface area contributed by atoms with E-state index in [1.165, 1.54) is 6.92 Å². The molecule has 0 unspecified atom stereocenters. The maximum Gasteiger partial charge on any atom is 0.227 e. The molecule has 0 amide bonds. The molecule has 0 fully saturated rings. The number of para-hydroxylation sites is 1. The Morgan fingerprint density at radius 2 is 1.88 bits per heavy atom. The number of aromatic nitrogens is 1. The molecule has 0 aliphatic carbocycles. The van der Waals surface area contributed by atoms with Gasteiger partial charge >= 0.3 is 0 Å². The van der Waals surface area contributed by atoms with E-state index in [-0.39, 0.29) is 11.7 Å². The lowest BCUT2D eigenvalue weighted by Gasteiger charge is -1.97. The van der Waals surface area contributed by atoms with Crippen molar-refractivity contribution in [2.24, 2.45) is 0 Å². The second kappa shape index (κ2) is 3.93. The van der Waals surface area contributed by atoms with Crippen LogP contribution in [0.5, 0.6) is 0 Å². The van der Waals surface area contributed by atoms with E-state index in [2.05, 4.69) is 0 Å². The predicted molar refractivity (Wildman–Crippen MR) is 62.6 cm³/mol. The monoisotopic (exact) mass is 215 g/mol. The highest BCUT2D eigenvalue weighted by molar-refractivity contribution is 5.95. The molecule has 16 heavy (non-hydrogen) atoms. The van der Waals surface area contributed by atoms with Crippen LogP contribution in [0.25, 0.3) is 10.9 Å². The van der Waals surface area contributed by atoms with Crippen molar-refractivity contribution in [3.8, 4) is 0 Å². The molecular weight excluding hydrogens is 202 g/mol. The van der Waals surface area contributed by atoms with Crippen LogP contribution in [-0.4, -0.2) is 16.3 Å². The molecule has 1 heterocycles. The molecule has 0 spiro atoms. The number of hydrogen-bond donors (Lipinski definition) is 0. The number of ketones is 1. The van der Waals surface area contributed by atoms with E-state index < -0.39 is 0 Å². The van der Waals surface area contributed by atoms with Crippen LogP contribution in [0.1, 0.15) is 24.2 Å². The average molecular weight is 215 g/mol. The quantitative estimate of drug-likeness (QED) is 0.771. The maximum atomic E-state index is 11.4. The summed E-state index contributed by atoms with van der Waals surface area (Å²) in [6, 6.07) is 7.63. The maximum absolute atomic E-state index is 11.4. The standard InChI is InChI=1S/C13H13NO2/c1-9(15)7-11-8-14(10(2)16)13-6-4-3-5-12(11)13/h3-6,8H,7H2,1-2H3. The molecule has 0 atom stereocenters. The largest absolute Gasteiger partial charge is 0.300 e. The third kappa shape index (κ3) is 1.76. The molecule has 0 aliphatic heterocycles. The molecule has 1 aromatic heterocycles. The van der Waals surface area contributed by atoms with Gasteiger partial charge in [-0.2, -0.15) is 0 Å². The number of benzene rings is 1. The van der Waals surface area contributed by atoms with Gasteiger partial charge in [0.25, 0.3) is 0 Å². The number of carbonyl (C=O) groups is 2. The van der Waals surface area contributed by atoms with Gasteiger partial charge in [0.15, 0.2) is 0 Å². The Kier molecular flexibility index (Phi) is 2.60. The Labute approximate surface area is 93.7 Å². The minimum atomic E-state index is -0.0361. The highest BCUT2D eigenvalue weighted by atomic mass is 16.1. The van der Waals surface area contributed by atoms with Gasteiger partial charge in [0.1, 0.15) is 5.78 Å². The molecule has 0 saturated carbocycles. The molecule has 0 saturated heterocycles. The van der Waals surface area contributed by atoms with E-state index in [0.717, 1.165) is 16.5 Å². The van der Waals surface area contributed by atoms with Crippen molar-refractivity contribution < 1.29 is 9.59 Å². The van der Waals surface area contributed by atoms with Crippen molar-refractivity contribution in [2.75, 3.05) is 0 Å². The molecular formula is C13H13NO2. The van der Waals surface area contributed by atoms with E-state index in [1.54, 1.807) is 17.7 Å². The third-order valence-electron chi connectivity index (χ3n) is 2.57. The minimum Gasteiger partial charge on any atom is -0.300 e. The van der Waals surface area contributed by atoms with Crippen LogP contribution in [-0.2, 0) is 11.2 Å². The molecule has 0 bridgehead atoms. The normalized spacial score (nSPS) is 10.6.